The minimum Gasteiger partial charge on any atom is -0.325 e. The Kier molecular flexibility index (Phi) is 5.77. The van der Waals surface area contributed by atoms with Gasteiger partial charge in [0.25, 0.3) is 5.56 Å². The Hall–Kier alpha value is -2.59. The number of nitrogens with one attached hydrogen (secondary N) is 2. The number of benzene rings is 1. The molecule has 0 bridgehead atoms. The summed E-state index contributed by atoms with van der Waals surface area (Å²) >= 11 is 1.15. The number of nitrogens with zero attached hydrogens (tertiary/aromatic N) is 2. The highest BCUT2D eigenvalue weighted by atomic mass is 32.2. The molecule has 0 aliphatic rings. The highest BCUT2D eigenvalue weighted by Crippen LogP contribution is 2.21. The molecule has 0 radical (unpaired) electrons. The number of hydrogen-bond acceptors (Lipinski definition) is 5. The molecular weight excluding hydrogens is 324 g/mol. The van der Waals surface area contributed by atoms with Crippen LogP contribution in [-0.4, -0.2) is 21.1 Å². The van der Waals surface area contributed by atoms with Crippen molar-refractivity contribution < 1.29 is 4.79 Å². The molecule has 1 aromatic heterocycles. The summed E-state index contributed by atoms with van der Waals surface area (Å²) in [5.41, 5.74) is 1.72. The molecule has 1 aromatic carbocycles. The molecule has 0 unspecified atom stereocenters. The summed E-state index contributed by atoms with van der Waals surface area (Å²) in [5.74, 6) is -0.181. The summed E-state index contributed by atoms with van der Waals surface area (Å²) in [6.45, 7) is 5.48. The molecule has 0 saturated heterocycles. The van der Waals surface area contributed by atoms with Crippen molar-refractivity contribution >= 4 is 23.4 Å². The number of thioether (sulfide) groups is 1. The van der Waals surface area contributed by atoms with Gasteiger partial charge in [0.05, 0.1) is 10.9 Å². The average Bonchev–Trinajstić information content (AvgIpc) is 2.56. The number of anilines is 1. The number of carbonyl (C=O) groups excluding carboxylic acids is 1. The lowest BCUT2D eigenvalue weighted by atomic mass is 10.2. The minimum absolute atomic E-state index is 0.0267. The van der Waals surface area contributed by atoms with Gasteiger partial charge in [-0.25, -0.2) is 4.98 Å². The van der Waals surface area contributed by atoms with Crippen molar-refractivity contribution in [3.05, 3.63) is 51.4 Å². The minimum atomic E-state index is -0.474. The summed E-state index contributed by atoms with van der Waals surface area (Å²) in [6, 6.07) is 9.37. The molecule has 1 atom stereocenters. The van der Waals surface area contributed by atoms with Crippen LogP contribution < -0.4 is 10.9 Å². The van der Waals surface area contributed by atoms with Gasteiger partial charge in [0.1, 0.15) is 11.6 Å². The van der Waals surface area contributed by atoms with Gasteiger partial charge in [-0.2, -0.15) is 5.26 Å². The Bertz CT molecular complexity index is 854. The van der Waals surface area contributed by atoms with Crippen molar-refractivity contribution in [2.45, 2.75) is 37.6 Å². The van der Waals surface area contributed by atoms with E-state index in [9.17, 15) is 9.59 Å². The maximum atomic E-state index is 12.3. The Morgan fingerprint density at radius 2 is 2.17 bits per heavy atom. The van der Waals surface area contributed by atoms with Crippen molar-refractivity contribution in [3.8, 4) is 6.07 Å². The van der Waals surface area contributed by atoms with Crippen LogP contribution in [0.4, 0.5) is 5.69 Å². The van der Waals surface area contributed by atoms with Crippen LogP contribution in [0.15, 0.2) is 34.2 Å². The van der Waals surface area contributed by atoms with Crippen LogP contribution in [0.5, 0.6) is 0 Å². The zero-order chi connectivity index (χ0) is 17.7. The molecule has 7 heteroatoms. The van der Waals surface area contributed by atoms with Crippen LogP contribution in [0.1, 0.15) is 30.7 Å². The number of aromatic amines is 1. The van der Waals surface area contributed by atoms with Crippen LogP contribution in [0.2, 0.25) is 0 Å². The number of hydrogen-bond donors (Lipinski definition) is 2. The zero-order valence-corrected chi connectivity index (χ0v) is 14.5. The average molecular weight is 342 g/mol. The molecule has 1 amide bonds. The quantitative estimate of drug-likeness (QED) is 0.643. The lowest BCUT2D eigenvalue weighted by molar-refractivity contribution is -0.115. The number of para-hydroxylation sites is 1. The monoisotopic (exact) mass is 342 g/mol. The van der Waals surface area contributed by atoms with E-state index in [1.54, 1.807) is 6.92 Å². The first-order valence-corrected chi connectivity index (χ1v) is 8.40. The molecule has 0 aliphatic carbocycles. The largest absolute Gasteiger partial charge is 0.325 e. The summed E-state index contributed by atoms with van der Waals surface area (Å²) in [6.07, 6.45) is 0.476. The van der Waals surface area contributed by atoms with E-state index < -0.39 is 10.8 Å². The second-order valence-corrected chi connectivity index (χ2v) is 6.55. The van der Waals surface area contributed by atoms with E-state index in [4.69, 9.17) is 5.26 Å². The van der Waals surface area contributed by atoms with Gasteiger partial charge >= 0.3 is 0 Å². The van der Waals surface area contributed by atoms with E-state index in [1.165, 1.54) is 0 Å². The Balaban J connectivity index is 2.15. The molecule has 2 aromatic rings. The number of H-pyrrole nitrogens is 1. The first-order valence-electron chi connectivity index (χ1n) is 7.52. The number of nitriles is 1. The lowest BCUT2D eigenvalue weighted by Gasteiger charge is -2.13. The van der Waals surface area contributed by atoms with E-state index in [2.05, 4.69) is 15.3 Å². The number of carbonyl (C=O) groups is 1. The maximum Gasteiger partial charge on any atom is 0.269 e. The van der Waals surface area contributed by atoms with Crippen LogP contribution in [0, 0.1) is 18.3 Å². The van der Waals surface area contributed by atoms with Gasteiger partial charge < -0.3 is 10.3 Å². The van der Waals surface area contributed by atoms with Crippen LogP contribution in [0.25, 0.3) is 0 Å². The van der Waals surface area contributed by atoms with Gasteiger partial charge in [0, 0.05) is 5.69 Å². The SMILES string of the molecule is CCc1nc(S[C@H](C)C(=O)Nc2ccccc2C)[nH]c(=O)c1C#N. The van der Waals surface area contributed by atoms with Gasteiger partial charge in [0.2, 0.25) is 5.91 Å². The smallest absolute Gasteiger partial charge is 0.269 e. The molecule has 0 spiro atoms. The van der Waals surface area contributed by atoms with E-state index in [0.29, 0.717) is 17.3 Å². The summed E-state index contributed by atoms with van der Waals surface area (Å²) in [5, 5.41) is 11.7. The lowest BCUT2D eigenvalue weighted by Crippen LogP contribution is -2.24. The van der Waals surface area contributed by atoms with Crippen molar-refractivity contribution in [2.75, 3.05) is 5.32 Å². The predicted octanol–water partition coefficient (Wildman–Crippen LogP) is 2.63. The zero-order valence-electron chi connectivity index (χ0n) is 13.7. The van der Waals surface area contributed by atoms with Crippen molar-refractivity contribution in [1.29, 1.82) is 5.26 Å². The molecule has 0 saturated carbocycles. The summed E-state index contributed by atoms with van der Waals surface area (Å²) in [4.78, 5) is 31.1. The third kappa shape index (κ3) is 4.03. The first kappa shape index (κ1) is 17.8. The Morgan fingerprint density at radius 1 is 1.46 bits per heavy atom. The predicted molar refractivity (Wildman–Crippen MR) is 94.1 cm³/mol. The van der Waals surface area contributed by atoms with Crippen molar-refractivity contribution in [3.63, 3.8) is 0 Å². The van der Waals surface area contributed by atoms with Crippen LogP contribution in [0.3, 0.4) is 0 Å². The fourth-order valence-electron chi connectivity index (χ4n) is 2.09. The van der Waals surface area contributed by atoms with E-state index in [-0.39, 0.29) is 11.5 Å². The maximum absolute atomic E-state index is 12.3. The third-order valence-corrected chi connectivity index (χ3v) is 4.46. The number of aryl methyl sites for hydroxylation is 2. The number of amides is 1. The highest BCUT2D eigenvalue weighted by molar-refractivity contribution is 8.00. The molecule has 0 aliphatic heterocycles. The molecule has 0 fully saturated rings. The van der Waals surface area contributed by atoms with Gasteiger partial charge in [-0.1, -0.05) is 36.9 Å². The standard InChI is InChI=1S/C17H18N4O2S/c1-4-13-12(9-18)16(23)21-17(20-13)24-11(3)15(22)19-14-8-6-5-7-10(14)2/h5-8,11H,4H2,1-3H3,(H,19,22)(H,20,21,23)/t11-/m1/s1. The Morgan fingerprint density at radius 3 is 2.79 bits per heavy atom. The van der Waals surface area contributed by atoms with Crippen molar-refractivity contribution in [1.82, 2.24) is 9.97 Å². The van der Waals surface area contributed by atoms with Crippen LogP contribution >= 0.6 is 11.8 Å². The van der Waals surface area contributed by atoms with Gasteiger partial charge in [-0.3, -0.25) is 9.59 Å². The first-order chi connectivity index (χ1) is 11.5. The normalized spacial score (nSPS) is 11.6. The number of aromatic nitrogens is 2. The van der Waals surface area contributed by atoms with Gasteiger partial charge in [-0.05, 0) is 31.9 Å². The molecule has 6 nitrogen and oxygen atoms in total. The van der Waals surface area contributed by atoms with Gasteiger partial charge in [-0.15, -0.1) is 0 Å². The van der Waals surface area contributed by atoms with E-state index >= 15 is 0 Å². The van der Waals surface area contributed by atoms with Crippen LogP contribution in [-0.2, 0) is 11.2 Å². The number of rotatable bonds is 5. The van der Waals surface area contributed by atoms with Crippen molar-refractivity contribution in [2.24, 2.45) is 0 Å². The molecule has 1 heterocycles. The molecule has 2 N–H and O–H groups in total. The van der Waals surface area contributed by atoms with E-state index in [0.717, 1.165) is 23.0 Å². The summed E-state index contributed by atoms with van der Waals surface area (Å²) in [7, 11) is 0. The Labute approximate surface area is 144 Å². The molecule has 124 valence electrons. The molecular formula is C17H18N4O2S. The van der Waals surface area contributed by atoms with E-state index in [1.807, 2.05) is 44.2 Å². The third-order valence-electron chi connectivity index (χ3n) is 3.48. The summed E-state index contributed by atoms with van der Waals surface area (Å²) < 4.78 is 0. The highest BCUT2D eigenvalue weighted by Gasteiger charge is 2.18. The fourth-order valence-corrected chi connectivity index (χ4v) is 2.91. The van der Waals surface area contributed by atoms with Gasteiger partial charge in [0.15, 0.2) is 5.16 Å². The second-order valence-electron chi connectivity index (χ2n) is 5.22. The molecule has 2 rings (SSSR count). The topological polar surface area (TPSA) is 98.6 Å². The fraction of sp³-hybridized carbons (Fsp3) is 0.294. The molecule has 24 heavy (non-hydrogen) atoms. The second kappa shape index (κ2) is 7.79.